The van der Waals surface area contributed by atoms with Gasteiger partial charge in [-0.2, -0.15) is 0 Å². The number of ether oxygens (including phenoxy) is 3. The van der Waals surface area contributed by atoms with E-state index < -0.39 is 11.6 Å². The van der Waals surface area contributed by atoms with Gasteiger partial charge < -0.3 is 19.3 Å². The van der Waals surface area contributed by atoms with Gasteiger partial charge in [0.1, 0.15) is 12.2 Å². The molecular weight excluding hydrogens is 508 g/mol. The van der Waals surface area contributed by atoms with E-state index in [9.17, 15) is 14.7 Å². The van der Waals surface area contributed by atoms with Gasteiger partial charge in [0.05, 0.1) is 24.9 Å². The molecule has 1 saturated carbocycles. The van der Waals surface area contributed by atoms with Crippen molar-refractivity contribution in [1.82, 2.24) is 9.80 Å². The zero-order valence-electron chi connectivity index (χ0n) is 25.5. The van der Waals surface area contributed by atoms with Crippen LogP contribution in [0.5, 0.6) is 0 Å². The van der Waals surface area contributed by atoms with Crippen LogP contribution in [0.1, 0.15) is 68.7 Å². The molecule has 8 heteroatoms. The van der Waals surface area contributed by atoms with Gasteiger partial charge in [-0.1, -0.05) is 23.8 Å². The number of benzene rings is 1. The molecule has 1 N–H and O–H groups in total. The Kier molecular flexibility index (Phi) is 12.2. The first-order valence-electron chi connectivity index (χ1n) is 14.8. The quantitative estimate of drug-likeness (QED) is 0.226. The standard InChI is InChI=1S/C32H50N2O6/c1-23-19-24(2)30(25(3)20-23)28(31(36)37)21-26-7-9-27(10-8-26)39-18-16-34-13-11-33(12-14-34)15-17-38-22-29(35)40-32(4,5)6/h19-21,26-27H,7-18,22H2,1-6H3,(H,36,37)/b28-21-. The molecular formula is C32H50N2O6. The Balaban J connectivity index is 1.31. The molecule has 1 aliphatic carbocycles. The molecule has 2 fully saturated rings. The molecule has 8 nitrogen and oxygen atoms in total. The second-order valence-corrected chi connectivity index (χ2v) is 12.4. The number of hydrogen-bond acceptors (Lipinski definition) is 7. The van der Waals surface area contributed by atoms with E-state index in [0.29, 0.717) is 12.2 Å². The molecule has 0 atom stereocenters. The number of allylic oxidation sites excluding steroid dienone is 1. The largest absolute Gasteiger partial charge is 0.478 e. The van der Waals surface area contributed by atoms with Crippen molar-refractivity contribution in [1.29, 1.82) is 0 Å². The fourth-order valence-electron chi connectivity index (χ4n) is 5.83. The number of rotatable bonds is 12. The number of nitrogens with zero attached hydrogens (tertiary/aromatic N) is 2. The maximum Gasteiger partial charge on any atom is 0.335 e. The van der Waals surface area contributed by atoms with Crippen LogP contribution in [0.2, 0.25) is 0 Å². The van der Waals surface area contributed by atoms with Gasteiger partial charge in [-0.3, -0.25) is 9.80 Å². The molecule has 3 rings (SSSR count). The third kappa shape index (κ3) is 10.6. The third-order valence-electron chi connectivity index (χ3n) is 7.72. The van der Waals surface area contributed by atoms with Crippen LogP contribution in [-0.4, -0.2) is 97.6 Å². The summed E-state index contributed by atoms with van der Waals surface area (Å²) in [5, 5.41) is 9.97. The SMILES string of the molecule is Cc1cc(C)c(/C(=C/C2CCC(OCCN3CCN(CCOCC(=O)OC(C)(C)C)CC3)CC2)C(=O)O)c(C)c1. The van der Waals surface area contributed by atoms with Crippen molar-refractivity contribution in [3.63, 3.8) is 0 Å². The summed E-state index contributed by atoms with van der Waals surface area (Å²) in [6, 6.07) is 4.13. The highest BCUT2D eigenvalue weighted by atomic mass is 16.6. The summed E-state index contributed by atoms with van der Waals surface area (Å²) in [5.74, 6) is -0.895. The number of esters is 1. The van der Waals surface area contributed by atoms with Gasteiger partial charge in [0, 0.05) is 39.3 Å². The molecule has 0 radical (unpaired) electrons. The molecule has 40 heavy (non-hydrogen) atoms. The van der Waals surface area contributed by atoms with Crippen LogP contribution in [0.3, 0.4) is 0 Å². The second-order valence-electron chi connectivity index (χ2n) is 12.4. The van der Waals surface area contributed by atoms with Gasteiger partial charge in [0.15, 0.2) is 0 Å². The van der Waals surface area contributed by atoms with Crippen molar-refractivity contribution < 1.29 is 28.9 Å². The van der Waals surface area contributed by atoms with Crippen LogP contribution in [0.4, 0.5) is 0 Å². The van der Waals surface area contributed by atoms with Gasteiger partial charge in [-0.05, 0) is 89.8 Å². The maximum atomic E-state index is 12.1. The molecule has 2 aliphatic rings. The second kappa shape index (κ2) is 15.1. The third-order valence-corrected chi connectivity index (χ3v) is 7.72. The van der Waals surface area contributed by atoms with Crippen LogP contribution >= 0.6 is 0 Å². The highest BCUT2D eigenvalue weighted by molar-refractivity contribution is 6.16. The molecule has 0 spiro atoms. The van der Waals surface area contributed by atoms with Crippen LogP contribution in [-0.2, 0) is 23.8 Å². The molecule has 1 saturated heterocycles. The van der Waals surface area contributed by atoms with Crippen LogP contribution in [0, 0.1) is 26.7 Å². The number of aliphatic carboxylic acids is 1. The van der Waals surface area contributed by atoms with E-state index in [1.165, 1.54) is 0 Å². The monoisotopic (exact) mass is 558 g/mol. The molecule has 0 bridgehead atoms. The Morgan fingerprint density at radius 1 is 0.925 bits per heavy atom. The van der Waals surface area contributed by atoms with Gasteiger partial charge >= 0.3 is 11.9 Å². The van der Waals surface area contributed by atoms with Crippen molar-refractivity contribution in [3.05, 3.63) is 40.5 Å². The summed E-state index contributed by atoms with van der Waals surface area (Å²) < 4.78 is 17.0. The minimum absolute atomic E-state index is 0.000412. The van der Waals surface area contributed by atoms with Crippen molar-refractivity contribution in [3.8, 4) is 0 Å². The summed E-state index contributed by atoms with van der Waals surface area (Å²) in [6.45, 7) is 18.6. The average Bonchev–Trinajstić information content (AvgIpc) is 2.86. The van der Waals surface area contributed by atoms with E-state index in [0.717, 1.165) is 93.8 Å². The topological polar surface area (TPSA) is 88.5 Å². The van der Waals surface area contributed by atoms with Crippen molar-refractivity contribution >= 4 is 17.5 Å². The first-order chi connectivity index (χ1) is 18.9. The zero-order valence-corrected chi connectivity index (χ0v) is 25.5. The van der Waals surface area contributed by atoms with Gasteiger partial charge in [0.2, 0.25) is 0 Å². The molecule has 0 amide bonds. The predicted molar refractivity (Wildman–Crippen MR) is 158 cm³/mol. The van der Waals surface area contributed by atoms with E-state index in [1.807, 2.05) is 47.6 Å². The minimum atomic E-state index is -0.846. The number of aryl methyl sites for hydroxylation is 3. The first kappa shape index (κ1) is 32.3. The number of carboxylic acid groups (broad SMARTS) is 1. The Morgan fingerprint density at radius 2 is 1.48 bits per heavy atom. The Labute approximate surface area is 240 Å². The summed E-state index contributed by atoms with van der Waals surface area (Å²) in [4.78, 5) is 28.7. The number of carbonyl (C=O) groups excluding carboxylic acids is 1. The van der Waals surface area contributed by atoms with Gasteiger partial charge in [0.25, 0.3) is 0 Å². The summed E-state index contributed by atoms with van der Waals surface area (Å²) in [6.07, 6.45) is 6.10. The first-order valence-corrected chi connectivity index (χ1v) is 14.8. The highest BCUT2D eigenvalue weighted by Crippen LogP contribution is 2.32. The molecule has 0 aromatic heterocycles. The molecule has 0 unspecified atom stereocenters. The van der Waals surface area contributed by atoms with Crippen molar-refractivity contribution in [2.24, 2.45) is 5.92 Å². The van der Waals surface area contributed by atoms with Gasteiger partial charge in [-0.15, -0.1) is 0 Å². The molecule has 1 heterocycles. The van der Waals surface area contributed by atoms with E-state index in [1.54, 1.807) is 0 Å². The lowest BCUT2D eigenvalue weighted by molar-refractivity contribution is -0.160. The fourth-order valence-corrected chi connectivity index (χ4v) is 5.83. The zero-order chi connectivity index (χ0) is 29.3. The van der Waals surface area contributed by atoms with E-state index in [2.05, 4.69) is 21.9 Å². The van der Waals surface area contributed by atoms with Crippen LogP contribution < -0.4 is 0 Å². The van der Waals surface area contributed by atoms with Crippen LogP contribution in [0.25, 0.3) is 5.57 Å². The number of piperazine rings is 1. The smallest absolute Gasteiger partial charge is 0.335 e. The number of hydrogen-bond donors (Lipinski definition) is 1. The molecule has 1 aromatic carbocycles. The number of carboxylic acids is 1. The normalized spacial score (nSPS) is 21.4. The lowest BCUT2D eigenvalue weighted by Crippen LogP contribution is -2.48. The fraction of sp³-hybridized carbons (Fsp3) is 0.688. The van der Waals surface area contributed by atoms with Crippen LogP contribution in [0.15, 0.2) is 18.2 Å². The average molecular weight is 559 g/mol. The number of carbonyl (C=O) groups is 2. The van der Waals surface area contributed by atoms with E-state index >= 15 is 0 Å². The van der Waals surface area contributed by atoms with E-state index in [-0.39, 0.29) is 24.6 Å². The van der Waals surface area contributed by atoms with Gasteiger partial charge in [-0.25, -0.2) is 9.59 Å². The predicted octanol–water partition coefficient (Wildman–Crippen LogP) is 4.63. The molecule has 224 valence electrons. The van der Waals surface area contributed by atoms with E-state index in [4.69, 9.17) is 14.2 Å². The summed E-state index contributed by atoms with van der Waals surface area (Å²) in [7, 11) is 0. The lowest BCUT2D eigenvalue weighted by Gasteiger charge is -2.35. The van der Waals surface area contributed by atoms with Crippen molar-refractivity contribution in [2.75, 3.05) is 59.1 Å². The highest BCUT2D eigenvalue weighted by Gasteiger charge is 2.24. The summed E-state index contributed by atoms with van der Waals surface area (Å²) >= 11 is 0. The molecule has 1 aromatic rings. The Morgan fingerprint density at radius 3 is 2.00 bits per heavy atom. The maximum absolute atomic E-state index is 12.1. The Hall–Kier alpha value is -2.26. The minimum Gasteiger partial charge on any atom is -0.478 e. The molecule has 1 aliphatic heterocycles. The lowest BCUT2D eigenvalue weighted by atomic mass is 9.84. The Bertz CT molecular complexity index is 992. The van der Waals surface area contributed by atoms with Crippen molar-refractivity contribution in [2.45, 2.75) is 78.9 Å². The summed E-state index contributed by atoms with van der Waals surface area (Å²) in [5.41, 5.74) is 4.03.